The van der Waals surface area contributed by atoms with E-state index in [9.17, 15) is 9.59 Å². The maximum atomic E-state index is 12.8. The molecule has 28 heavy (non-hydrogen) atoms. The Balaban J connectivity index is 2.15. The van der Waals surface area contributed by atoms with E-state index < -0.39 is 0 Å². The first-order valence-electron chi connectivity index (χ1n) is 8.82. The maximum Gasteiger partial charge on any atom is 0.274 e. The molecule has 0 radical (unpaired) electrons. The number of hydrogen-bond acceptors (Lipinski definition) is 4. The van der Waals surface area contributed by atoms with Crippen molar-refractivity contribution in [3.63, 3.8) is 0 Å². The quantitative estimate of drug-likeness (QED) is 0.596. The number of fused-ring (bicyclic) bond motifs is 3. The van der Waals surface area contributed by atoms with Crippen molar-refractivity contribution < 1.29 is 9.53 Å². The number of rotatable bonds is 3. The second-order valence-corrected chi connectivity index (χ2v) is 6.79. The number of carbonyl (C=O) groups is 1. The zero-order valence-corrected chi connectivity index (χ0v) is 16.1. The highest BCUT2D eigenvalue weighted by molar-refractivity contribution is 6.00. The number of carbonyl (C=O) groups excluding carboxylic acids is 1. The lowest BCUT2D eigenvalue weighted by Gasteiger charge is -2.15. The first-order chi connectivity index (χ1) is 13.4. The molecule has 4 rings (SSSR count). The third-order valence-electron chi connectivity index (χ3n) is 4.74. The summed E-state index contributed by atoms with van der Waals surface area (Å²) >= 11 is 0. The summed E-state index contributed by atoms with van der Waals surface area (Å²) in [6.07, 6.45) is 0. The van der Waals surface area contributed by atoms with Gasteiger partial charge in [0, 0.05) is 25.7 Å². The molecule has 0 saturated heterocycles. The lowest BCUT2D eigenvalue weighted by atomic mass is 10.1. The molecule has 0 aliphatic heterocycles. The van der Waals surface area contributed by atoms with Crippen molar-refractivity contribution >= 4 is 22.5 Å². The van der Waals surface area contributed by atoms with Gasteiger partial charge < -0.3 is 14.6 Å². The predicted octanol–water partition coefficient (Wildman–Crippen LogP) is 2.86. The van der Waals surface area contributed by atoms with Crippen LogP contribution < -0.4 is 10.3 Å². The topological polar surface area (TPSA) is 79.7 Å². The van der Waals surface area contributed by atoms with E-state index in [1.165, 1.54) is 12.0 Å². The molecule has 4 aromatic rings. The van der Waals surface area contributed by atoms with Crippen LogP contribution in [0.25, 0.3) is 27.9 Å². The molecule has 142 valence electrons. The SMILES string of the molecule is COc1cc2c(cc1C(=O)N(C)C)[nH]c(=O)c1c(C)nc(-c3ccccc3)n12. The van der Waals surface area contributed by atoms with Gasteiger partial charge in [-0.3, -0.25) is 14.0 Å². The zero-order valence-electron chi connectivity index (χ0n) is 16.1. The van der Waals surface area contributed by atoms with E-state index in [1.54, 1.807) is 26.2 Å². The number of amides is 1. The van der Waals surface area contributed by atoms with Crippen molar-refractivity contribution in [1.82, 2.24) is 19.3 Å². The Morgan fingerprint density at radius 3 is 2.54 bits per heavy atom. The monoisotopic (exact) mass is 376 g/mol. The van der Waals surface area contributed by atoms with E-state index in [2.05, 4.69) is 9.97 Å². The number of nitrogens with zero attached hydrogens (tertiary/aromatic N) is 3. The molecule has 2 heterocycles. The van der Waals surface area contributed by atoms with E-state index in [1.807, 2.05) is 41.7 Å². The van der Waals surface area contributed by atoms with Gasteiger partial charge in [-0.1, -0.05) is 30.3 Å². The van der Waals surface area contributed by atoms with Gasteiger partial charge in [-0.2, -0.15) is 0 Å². The molecule has 0 aliphatic rings. The van der Waals surface area contributed by atoms with Crippen LogP contribution in [0, 0.1) is 6.92 Å². The van der Waals surface area contributed by atoms with Crippen LogP contribution in [0.1, 0.15) is 16.1 Å². The van der Waals surface area contributed by atoms with Crippen LogP contribution in [0.5, 0.6) is 5.75 Å². The Hall–Kier alpha value is -3.61. The third kappa shape index (κ3) is 2.63. The second-order valence-electron chi connectivity index (χ2n) is 6.79. The third-order valence-corrected chi connectivity index (χ3v) is 4.74. The van der Waals surface area contributed by atoms with Gasteiger partial charge in [0.15, 0.2) is 0 Å². The van der Waals surface area contributed by atoms with Gasteiger partial charge in [-0.15, -0.1) is 0 Å². The highest BCUT2D eigenvalue weighted by atomic mass is 16.5. The number of imidazole rings is 1. The van der Waals surface area contributed by atoms with Gasteiger partial charge in [0.2, 0.25) is 0 Å². The van der Waals surface area contributed by atoms with Crippen molar-refractivity contribution in [1.29, 1.82) is 0 Å². The van der Waals surface area contributed by atoms with Crippen molar-refractivity contribution in [3.8, 4) is 17.1 Å². The summed E-state index contributed by atoms with van der Waals surface area (Å²) < 4.78 is 7.31. The Morgan fingerprint density at radius 1 is 1.18 bits per heavy atom. The fraction of sp³-hybridized carbons (Fsp3) is 0.190. The number of aromatic nitrogens is 3. The summed E-state index contributed by atoms with van der Waals surface area (Å²) in [5.74, 6) is 0.896. The molecule has 0 saturated carbocycles. The molecule has 0 bridgehead atoms. The number of aryl methyl sites for hydroxylation is 1. The van der Waals surface area contributed by atoms with E-state index in [-0.39, 0.29) is 11.5 Å². The van der Waals surface area contributed by atoms with Crippen LogP contribution in [0.15, 0.2) is 47.3 Å². The zero-order chi connectivity index (χ0) is 20.0. The summed E-state index contributed by atoms with van der Waals surface area (Å²) in [6.45, 7) is 1.81. The fourth-order valence-electron chi connectivity index (χ4n) is 3.42. The standard InChI is InChI=1S/C21H20N4O3/c1-12-18-20(26)23-15-10-14(21(27)24(2)3)17(28-4)11-16(15)25(18)19(22-12)13-8-6-5-7-9-13/h5-11H,1-4H3,(H,23,26). The van der Waals surface area contributed by atoms with Gasteiger partial charge in [0.1, 0.15) is 17.1 Å². The summed E-state index contributed by atoms with van der Waals surface area (Å²) in [5, 5.41) is 0. The predicted molar refractivity (Wildman–Crippen MR) is 108 cm³/mol. The first kappa shape index (κ1) is 17.8. The number of aromatic amines is 1. The largest absolute Gasteiger partial charge is 0.496 e. The van der Waals surface area contributed by atoms with Crippen LogP contribution in [0.3, 0.4) is 0 Å². The van der Waals surface area contributed by atoms with Crippen molar-refractivity contribution in [2.75, 3.05) is 21.2 Å². The molecule has 2 aromatic carbocycles. The lowest BCUT2D eigenvalue weighted by Crippen LogP contribution is -2.22. The molecule has 2 aromatic heterocycles. The van der Waals surface area contributed by atoms with Gasteiger partial charge in [-0.25, -0.2) is 4.98 Å². The Kier molecular flexibility index (Phi) is 4.15. The molecule has 1 N–H and O–H groups in total. The van der Waals surface area contributed by atoms with Crippen LogP contribution >= 0.6 is 0 Å². The van der Waals surface area contributed by atoms with Gasteiger partial charge in [-0.05, 0) is 13.0 Å². The maximum absolute atomic E-state index is 12.8. The van der Waals surface area contributed by atoms with Crippen molar-refractivity contribution in [2.45, 2.75) is 6.92 Å². The summed E-state index contributed by atoms with van der Waals surface area (Å²) in [5.41, 5.74) is 3.37. The Morgan fingerprint density at radius 2 is 1.89 bits per heavy atom. The van der Waals surface area contributed by atoms with Crippen molar-refractivity contribution in [2.24, 2.45) is 0 Å². The van der Waals surface area contributed by atoms with Crippen LogP contribution in [-0.2, 0) is 0 Å². The van der Waals surface area contributed by atoms with Crippen LogP contribution in [-0.4, -0.2) is 46.4 Å². The summed E-state index contributed by atoms with van der Waals surface area (Å²) in [4.78, 5) is 34.3. The highest BCUT2D eigenvalue weighted by Gasteiger charge is 2.20. The van der Waals surface area contributed by atoms with Crippen LogP contribution in [0.2, 0.25) is 0 Å². The van der Waals surface area contributed by atoms with Gasteiger partial charge in [0.25, 0.3) is 11.5 Å². The molecular weight excluding hydrogens is 356 g/mol. The average Bonchev–Trinajstić information content (AvgIpc) is 3.05. The minimum Gasteiger partial charge on any atom is -0.496 e. The number of nitrogens with one attached hydrogen (secondary N) is 1. The average molecular weight is 376 g/mol. The number of hydrogen-bond donors (Lipinski definition) is 1. The Bertz CT molecular complexity index is 1270. The molecule has 0 unspecified atom stereocenters. The molecular formula is C21H20N4O3. The smallest absolute Gasteiger partial charge is 0.274 e. The first-order valence-corrected chi connectivity index (χ1v) is 8.82. The van der Waals surface area contributed by atoms with E-state index in [0.717, 1.165) is 5.56 Å². The van der Waals surface area contributed by atoms with E-state index in [4.69, 9.17) is 4.74 Å². The summed E-state index contributed by atoms with van der Waals surface area (Å²) in [6, 6.07) is 13.1. The van der Waals surface area contributed by atoms with Gasteiger partial charge in [0.05, 0.1) is 29.4 Å². The van der Waals surface area contributed by atoms with E-state index in [0.29, 0.717) is 39.4 Å². The number of benzene rings is 2. The lowest BCUT2D eigenvalue weighted by molar-refractivity contribution is 0.0824. The molecule has 7 heteroatoms. The van der Waals surface area contributed by atoms with Gasteiger partial charge >= 0.3 is 0 Å². The Labute approximate surface area is 161 Å². The van der Waals surface area contributed by atoms with Crippen LogP contribution in [0.4, 0.5) is 0 Å². The molecule has 0 aliphatic carbocycles. The summed E-state index contributed by atoms with van der Waals surface area (Å²) in [7, 11) is 4.86. The number of H-pyrrole nitrogens is 1. The number of methoxy groups -OCH3 is 1. The highest BCUT2D eigenvalue weighted by Crippen LogP contribution is 2.29. The van der Waals surface area contributed by atoms with Crippen molar-refractivity contribution in [3.05, 3.63) is 64.1 Å². The number of ether oxygens (including phenoxy) is 1. The molecule has 0 atom stereocenters. The normalized spacial score (nSPS) is 11.1. The minimum atomic E-state index is -0.256. The minimum absolute atomic E-state index is 0.204. The molecule has 0 spiro atoms. The molecule has 7 nitrogen and oxygen atoms in total. The second kappa shape index (κ2) is 6.53. The molecule has 0 fully saturated rings. The van der Waals surface area contributed by atoms with E-state index >= 15 is 0 Å². The fourth-order valence-corrected chi connectivity index (χ4v) is 3.42. The molecule has 1 amide bonds.